The minimum absolute atomic E-state index is 0.0315. The lowest BCUT2D eigenvalue weighted by molar-refractivity contribution is -0.157. The van der Waals surface area contributed by atoms with Crippen LogP contribution in [-0.2, 0) is 19.4 Å². The van der Waals surface area contributed by atoms with Crippen LogP contribution in [0.3, 0.4) is 0 Å². The highest BCUT2D eigenvalue weighted by Gasteiger charge is 2.38. The molecule has 0 aliphatic carbocycles. The number of likely N-dealkylation sites (N-methyl/N-ethyl adjacent to an activating group) is 1. The predicted octanol–water partition coefficient (Wildman–Crippen LogP) is 0.523. The molecule has 1 N–H and O–H groups in total. The van der Waals surface area contributed by atoms with E-state index in [1.165, 1.54) is 18.7 Å². The first-order valence-electron chi connectivity index (χ1n) is 6.34. The summed E-state index contributed by atoms with van der Waals surface area (Å²) in [6.07, 6.45) is 0.586. The van der Waals surface area contributed by atoms with Gasteiger partial charge in [0.2, 0.25) is 5.91 Å². The standard InChI is InChI=1S/C12H21NO5S/c1-4-13(12(2,3)11(15)16)10(14)7-9-5-6-19(17,18)8-9/h9H,4-8H2,1-3H3,(H,15,16). The van der Waals surface area contributed by atoms with Gasteiger partial charge in [0.05, 0.1) is 11.5 Å². The van der Waals surface area contributed by atoms with E-state index in [0.717, 1.165) is 0 Å². The number of amides is 1. The Morgan fingerprint density at radius 3 is 2.32 bits per heavy atom. The third kappa shape index (κ3) is 3.68. The highest BCUT2D eigenvalue weighted by molar-refractivity contribution is 7.91. The molecule has 7 heteroatoms. The summed E-state index contributed by atoms with van der Waals surface area (Å²) in [6.45, 7) is 4.95. The lowest BCUT2D eigenvalue weighted by Crippen LogP contribution is -2.53. The maximum atomic E-state index is 12.2. The highest BCUT2D eigenvalue weighted by atomic mass is 32.2. The van der Waals surface area contributed by atoms with Crippen molar-refractivity contribution in [1.82, 2.24) is 4.90 Å². The van der Waals surface area contributed by atoms with Gasteiger partial charge in [0.25, 0.3) is 0 Å². The number of hydrogen-bond acceptors (Lipinski definition) is 4. The summed E-state index contributed by atoms with van der Waals surface area (Å²) >= 11 is 0. The van der Waals surface area contributed by atoms with Crippen LogP contribution in [0, 0.1) is 5.92 Å². The number of rotatable bonds is 5. The van der Waals surface area contributed by atoms with E-state index >= 15 is 0 Å². The molecule has 0 spiro atoms. The van der Waals surface area contributed by atoms with Gasteiger partial charge in [0, 0.05) is 13.0 Å². The second-order valence-electron chi connectivity index (χ2n) is 5.48. The lowest BCUT2D eigenvalue weighted by Gasteiger charge is -2.34. The smallest absolute Gasteiger partial charge is 0.329 e. The van der Waals surface area contributed by atoms with Gasteiger partial charge in [-0.05, 0) is 33.1 Å². The van der Waals surface area contributed by atoms with Gasteiger partial charge in [-0.1, -0.05) is 0 Å². The van der Waals surface area contributed by atoms with Crippen molar-refractivity contribution in [3.05, 3.63) is 0 Å². The van der Waals surface area contributed by atoms with Crippen molar-refractivity contribution in [3.8, 4) is 0 Å². The van der Waals surface area contributed by atoms with E-state index in [9.17, 15) is 18.0 Å². The lowest BCUT2D eigenvalue weighted by atomic mass is 9.99. The Balaban J connectivity index is 2.74. The summed E-state index contributed by atoms with van der Waals surface area (Å²) in [4.78, 5) is 24.6. The van der Waals surface area contributed by atoms with Gasteiger partial charge < -0.3 is 10.0 Å². The van der Waals surface area contributed by atoms with Crippen LogP contribution in [0.2, 0.25) is 0 Å². The van der Waals surface area contributed by atoms with Gasteiger partial charge in [0.1, 0.15) is 5.54 Å². The molecule has 19 heavy (non-hydrogen) atoms. The molecule has 1 aliphatic rings. The first-order chi connectivity index (χ1) is 8.60. The zero-order valence-corrected chi connectivity index (χ0v) is 12.4. The van der Waals surface area contributed by atoms with Gasteiger partial charge in [-0.2, -0.15) is 0 Å². The van der Waals surface area contributed by atoms with Crippen LogP contribution in [-0.4, -0.2) is 53.9 Å². The minimum atomic E-state index is -3.01. The van der Waals surface area contributed by atoms with Crippen LogP contribution in [0.15, 0.2) is 0 Å². The van der Waals surface area contributed by atoms with Crippen LogP contribution >= 0.6 is 0 Å². The van der Waals surface area contributed by atoms with E-state index in [2.05, 4.69) is 0 Å². The van der Waals surface area contributed by atoms with Crippen molar-refractivity contribution in [3.63, 3.8) is 0 Å². The number of sulfone groups is 1. The number of carbonyl (C=O) groups is 2. The predicted molar refractivity (Wildman–Crippen MR) is 70.5 cm³/mol. The normalized spacial score (nSPS) is 22.2. The monoisotopic (exact) mass is 291 g/mol. The molecule has 1 heterocycles. The molecule has 1 unspecified atom stereocenters. The molecule has 0 aromatic heterocycles. The van der Waals surface area contributed by atoms with Crippen molar-refractivity contribution >= 4 is 21.7 Å². The van der Waals surface area contributed by atoms with E-state index in [4.69, 9.17) is 5.11 Å². The first-order valence-corrected chi connectivity index (χ1v) is 8.16. The molecule has 1 fully saturated rings. The van der Waals surface area contributed by atoms with Crippen LogP contribution in [0.1, 0.15) is 33.6 Å². The summed E-state index contributed by atoms with van der Waals surface area (Å²) < 4.78 is 22.7. The Bertz CT molecular complexity index is 469. The Hall–Kier alpha value is -1.11. The molecular weight excluding hydrogens is 270 g/mol. The van der Waals surface area contributed by atoms with Crippen molar-refractivity contribution < 1.29 is 23.1 Å². The number of hydrogen-bond donors (Lipinski definition) is 1. The number of carboxylic acid groups (broad SMARTS) is 1. The maximum Gasteiger partial charge on any atom is 0.329 e. The van der Waals surface area contributed by atoms with Crippen molar-refractivity contribution in [2.24, 2.45) is 5.92 Å². The quantitative estimate of drug-likeness (QED) is 0.797. The zero-order valence-electron chi connectivity index (χ0n) is 11.5. The fraction of sp³-hybridized carbons (Fsp3) is 0.833. The van der Waals surface area contributed by atoms with Gasteiger partial charge in [-0.3, -0.25) is 4.79 Å². The van der Waals surface area contributed by atoms with Crippen molar-refractivity contribution in [2.45, 2.75) is 39.2 Å². The SMILES string of the molecule is CCN(C(=O)CC1CCS(=O)(=O)C1)C(C)(C)C(=O)O. The molecule has 0 bridgehead atoms. The van der Waals surface area contributed by atoms with E-state index < -0.39 is 21.3 Å². The summed E-state index contributed by atoms with van der Waals surface area (Å²) in [5.41, 5.74) is -1.27. The van der Waals surface area contributed by atoms with Crippen LogP contribution < -0.4 is 0 Å². The number of aliphatic carboxylic acids is 1. The molecule has 110 valence electrons. The molecule has 0 radical (unpaired) electrons. The molecule has 0 aromatic carbocycles. The second kappa shape index (κ2) is 5.48. The largest absolute Gasteiger partial charge is 0.480 e. The van der Waals surface area contributed by atoms with E-state index in [1.54, 1.807) is 6.92 Å². The Labute approximate surface area is 113 Å². The number of carbonyl (C=O) groups excluding carboxylic acids is 1. The molecule has 1 atom stereocenters. The molecule has 1 rings (SSSR count). The summed E-state index contributed by atoms with van der Waals surface area (Å²) in [5.74, 6) is -1.39. The molecule has 0 saturated carbocycles. The molecule has 6 nitrogen and oxygen atoms in total. The maximum absolute atomic E-state index is 12.2. The fourth-order valence-corrected chi connectivity index (χ4v) is 4.25. The van der Waals surface area contributed by atoms with Crippen LogP contribution in [0.5, 0.6) is 0 Å². The van der Waals surface area contributed by atoms with Crippen molar-refractivity contribution in [1.29, 1.82) is 0 Å². The van der Waals surface area contributed by atoms with E-state index in [-0.39, 0.29) is 36.3 Å². The average Bonchev–Trinajstić information content (AvgIpc) is 2.58. The second-order valence-corrected chi connectivity index (χ2v) is 7.70. The fourth-order valence-electron chi connectivity index (χ4n) is 2.39. The molecule has 1 saturated heterocycles. The van der Waals surface area contributed by atoms with E-state index in [1.807, 2.05) is 0 Å². The number of nitrogens with zero attached hydrogens (tertiary/aromatic N) is 1. The Morgan fingerprint density at radius 1 is 1.37 bits per heavy atom. The molecule has 1 amide bonds. The average molecular weight is 291 g/mol. The van der Waals surface area contributed by atoms with Crippen LogP contribution in [0.25, 0.3) is 0 Å². The third-order valence-electron chi connectivity index (χ3n) is 3.61. The third-order valence-corrected chi connectivity index (χ3v) is 5.44. The summed E-state index contributed by atoms with van der Waals surface area (Å²) in [6, 6.07) is 0. The molecular formula is C12H21NO5S. The topological polar surface area (TPSA) is 91.8 Å². The van der Waals surface area contributed by atoms with E-state index in [0.29, 0.717) is 6.42 Å². The first kappa shape index (κ1) is 15.9. The van der Waals surface area contributed by atoms with Gasteiger partial charge in [-0.15, -0.1) is 0 Å². The van der Waals surface area contributed by atoms with Gasteiger partial charge in [-0.25, -0.2) is 13.2 Å². The highest BCUT2D eigenvalue weighted by Crippen LogP contribution is 2.24. The summed E-state index contributed by atoms with van der Waals surface area (Å²) in [5, 5.41) is 9.15. The Morgan fingerprint density at radius 2 is 1.95 bits per heavy atom. The minimum Gasteiger partial charge on any atom is -0.480 e. The number of carboxylic acids is 1. The van der Waals surface area contributed by atoms with Crippen molar-refractivity contribution in [2.75, 3.05) is 18.1 Å². The zero-order chi connectivity index (χ0) is 14.8. The van der Waals surface area contributed by atoms with Crippen LogP contribution in [0.4, 0.5) is 0 Å². The van der Waals surface area contributed by atoms with Gasteiger partial charge >= 0.3 is 5.97 Å². The Kier molecular flexibility index (Phi) is 4.60. The summed E-state index contributed by atoms with van der Waals surface area (Å²) in [7, 11) is -3.01. The molecule has 0 aromatic rings. The molecule has 1 aliphatic heterocycles. The van der Waals surface area contributed by atoms with Gasteiger partial charge in [0.15, 0.2) is 9.84 Å².